The molecule has 1 aliphatic rings. The van der Waals surface area contributed by atoms with Crippen molar-refractivity contribution < 1.29 is 9.53 Å². The number of hydrogen-bond donors (Lipinski definition) is 1. The van der Waals surface area contributed by atoms with Crippen LogP contribution in [0.4, 0.5) is 10.5 Å². The number of piperidine rings is 1. The molecule has 0 bridgehead atoms. The van der Waals surface area contributed by atoms with E-state index in [1.54, 1.807) is 11.1 Å². The van der Waals surface area contributed by atoms with Crippen molar-refractivity contribution in [2.45, 2.75) is 65.5 Å². The minimum absolute atomic E-state index is 0.240. The van der Waals surface area contributed by atoms with Crippen molar-refractivity contribution in [3.8, 4) is 6.07 Å². The second kappa shape index (κ2) is 9.92. The van der Waals surface area contributed by atoms with Gasteiger partial charge in [-0.25, -0.2) is 4.79 Å². The number of nitrogens with one attached hydrogen (secondary N) is 1. The fourth-order valence-corrected chi connectivity index (χ4v) is 2.53. The van der Waals surface area contributed by atoms with E-state index in [0.717, 1.165) is 18.5 Å². The average Bonchev–Trinajstić information content (AvgIpc) is 3.04. The topological polar surface area (TPSA) is 83.2 Å². The molecule has 2 rings (SSSR count). The van der Waals surface area contributed by atoms with Gasteiger partial charge >= 0.3 is 6.09 Å². The number of aromatic nitrogens is 2. The summed E-state index contributed by atoms with van der Waals surface area (Å²) in [5, 5.41) is 16.1. The summed E-state index contributed by atoms with van der Waals surface area (Å²) < 4.78 is 7.35. The molecule has 1 aromatic heterocycles. The fourth-order valence-electron chi connectivity index (χ4n) is 2.53. The number of carbonyl (C=O) groups is 1. The molecule has 0 aliphatic carbocycles. The van der Waals surface area contributed by atoms with E-state index in [9.17, 15) is 4.79 Å². The third kappa shape index (κ3) is 7.04. The predicted octanol–water partition coefficient (Wildman–Crippen LogP) is 3.81. The molecular formula is C18H31N5O2. The van der Waals surface area contributed by atoms with Crippen LogP contribution in [0.15, 0.2) is 12.4 Å². The molecule has 7 heteroatoms. The van der Waals surface area contributed by atoms with Gasteiger partial charge in [0.05, 0.1) is 30.4 Å². The van der Waals surface area contributed by atoms with Crippen molar-refractivity contribution in [2.24, 2.45) is 0 Å². The minimum atomic E-state index is -0.458. The zero-order chi connectivity index (χ0) is 18.9. The lowest BCUT2D eigenvalue weighted by Gasteiger charge is -2.33. The first-order chi connectivity index (χ1) is 11.9. The summed E-state index contributed by atoms with van der Waals surface area (Å²) in [6.45, 7) is 11.6. The Morgan fingerprint density at radius 2 is 2.04 bits per heavy atom. The average molecular weight is 349 g/mol. The monoisotopic (exact) mass is 349 g/mol. The van der Waals surface area contributed by atoms with Gasteiger partial charge in [-0.05, 0) is 33.6 Å². The molecule has 25 heavy (non-hydrogen) atoms. The largest absolute Gasteiger partial charge is 0.444 e. The fraction of sp³-hybridized carbons (Fsp3) is 0.722. The molecule has 1 aromatic rings. The highest BCUT2D eigenvalue weighted by molar-refractivity contribution is 5.68. The van der Waals surface area contributed by atoms with E-state index in [4.69, 9.17) is 10.00 Å². The Labute approximate surface area is 150 Å². The third-order valence-corrected chi connectivity index (χ3v) is 3.66. The summed E-state index contributed by atoms with van der Waals surface area (Å²) in [6, 6.07) is 2.39. The maximum atomic E-state index is 12.1. The smallest absolute Gasteiger partial charge is 0.410 e. The van der Waals surface area contributed by atoms with Crippen molar-refractivity contribution >= 4 is 11.8 Å². The van der Waals surface area contributed by atoms with Crippen LogP contribution in [-0.2, 0) is 4.74 Å². The highest BCUT2D eigenvalue weighted by Crippen LogP contribution is 2.24. The van der Waals surface area contributed by atoms with Crippen LogP contribution < -0.4 is 5.32 Å². The van der Waals surface area contributed by atoms with E-state index in [-0.39, 0.29) is 6.09 Å². The number of rotatable bonds is 4. The van der Waals surface area contributed by atoms with Gasteiger partial charge in [-0.1, -0.05) is 13.8 Å². The van der Waals surface area contributed by atoms with Crippen molar-refractivity contribution in [2.75, 3.05) is 25.0 Å². The molecule has 7 nitrogen and oxygen atoms in total. The molecule has 0 spiro atoms. The molecule has 0 unspecified atom stereocenters. The van der Waals surface area contributed by atoms with E-state index in [1.807, 2.05) is 45.5 Å². The van der Waals surface area contributed by atoms with Gasteiger partial charge < -0.3 is 15.0 Å². The van der Waals surface area contributed by atoms with Crippen LogP contribution in [0.5, 0.6) is 0 Å². The van der Waals surface area contributed by atoms with Crippen LogP contribution in [0, 0.1) is 11.3 Å². The first kappa shape index (κ1) is 20.8. The van der Waals surface area contributed by atoms with Gasteiger partial charge in [-0.3, -0.25) is 4.68 Å². The van der Waals surface area contributed by atoms with Gasteiger partial charge in [-0.15, -0.1) is 0 Å². The van der Waals surface area contributed by atoms with Crippen LogP contribution in [0.25, 0.3) is 0 Å². The Morgan fingerprint density at radius 3 is 2.60 bits per heavy atom. The molecule has 2 heterocycles. The quantitative estimate of drug-likeness (QED) is 0.836. The van der Waals surface area contributed by atoms with Crippen LogP contribution >= 0.6 is 0 Å². The summed E-state index contributed by atoms with van der Waals surface area (Å²) in [5.41, 5.74) is 0.467. The van der Waals surface area contributed by atoms with Crippen LogP contribution in [0.2, 0.25) is 0 Å². The van der Waals surface area contributed by atoms with Gasteiger partial charge in [0.1, 0.15) is 5.60 Å². The number of carbonyl (C=O) groups excluding carboxylic acids is 1. The Hall–Kier alpha value is -2.23. The van der Waals surface area contributed by atoms with Gasteiger partial charge in [0.2, 0.25) is 0 Å². The molecular weight excluding hydrogens is 318 g/mol. The van der Waals surface area contributed by atoms with Gasteiger partial charge in [-0.2, -0.15) is 10.4 Å². The summed E-state index contributed by atoms with van der Waals surface area (Å²) in [6.07, 6.45) is 5.69. The number of nitrogens with zero attached hydrogens (tertiary/aromatic N) is 4. The maximum absolute atomic E-state index is 12.1. The molecule has 140 valence electrons. The van der Waals surface area contributed by atoms with Crippen molar-refractivity contribution in [1.82, 2.24) is 14.7 Å². The summed E-state index contributed by atoms with van der Waals surface area (Å²) in [5.74, 6) is 0. The minimum Gasteiger partial charge on any atom is -0.444 e. The number of hydrogen-bond acceptors (Lipinski definition) is 5. The van der Waals surface area contributed by atoms with Crippen LogP contribution in [0.1, 0.15) is 59.9 Å². The molecule has 0 saturated carbocycles. The van der Waals surface area contributed by atoms with E-state index >= 15 is 0 Å². The Bertz CT molecular complexity index is 563. The molecule has 0 radical (unpaired) electrons. The van der Waals surface area contributed by atoms with Gasteiger partial charge in [0.25, 0.3) is 0 Å². The predicted molar refractivity (Wildman–Crippen MR) is 98.4 cm³/mol. The lowest BCUT2D eigenvalue weighted by Crippen LogP contribution is -2.42. The summed E-state index contributed by atoms with van der Waals surface area (Å²) in [7, 11) is 0. The lowest BCUT2D eigenvalue weighted by atomic mass is 10.1. The second-order valence-electron chi connectivity index (χ2n) is 6.74. The van der Waals surface area contributed by atoms with E-state index in [1.165, 1.54) is 0 Å². The molecule has 1 fully saturated rings. The number of likely N-dealkylation sites (tertiary alicyclic amines) is 1. The Balaban J connectivity index is 0.00000151. The summed E-state index contributed by atoms with van der Waals surface area (Å²) in [4.78, 5) is 13.8. The molecule has 1 amide bonds. The second-order valence-corrected chi connectivity index (χ2v) is 6.74. The van der Waals surface area contributed by atoms with Gasteiger partial charge in [0.15, 0.2) is 0 Å². The molecule has 1 saturated heterocycles. The standard InChI is InChI=1S/C16H25N5O2.C2H6/c1-16(2,3)23-15(22)20-9-5-14(6-10-20)21-12-13(11-19-21)18-8-4-7-17;1-2/h11-12,14,18H,4-6,8-10H2,1-3H3;1-2H3. The zero-order valence-corrected chi connectivity index (χ0v) is 16.1. The first-order valence-corrected chi connectivity index (χ1v) is 9.02. The van der Waals surface area contributed by atoms with E-state index in [0.29, 0.717) is 32.1 Å². The SMILES string of the molecule is CC.CC(C)(C)OC(=O)N1CCC(n2cc(NCCC#N)cn2)CC1. The summed E-state index contributed by atoms with van der Waals surface area (Å²) >= 11 is 0. The van der Waals surface area contributed by atoms with Crippen molar-refractivity contribution in [1.29, 1.82) is 5.26 Å². The lowest BCUT2D eigenvalue weighted by molar-refractivity contribution is 0.0185. The van der Waals surface area contributed by atoms with Gasteiger partial charge in [0, 0.05) is 25.8 Å². The van der Waals surface area contributed by atoms with E-state index in [2.05, 4.69) is 16.5 Å². The molecule has 0 atom stereocenters. The highest BCUT2D eigenvalue weighted by atomic mass is 16.6. The molecule has 1 N–H and O–H groups in total. The number of nitriles is 1. The van der Waals surface area contributed by atoms with Crippen LogP contribution in [0.3, 0.4) is 0 Å². The third-order valence-electron chi connectivity index (χ3n) is 3.66. The molecule has 0 aromatic carbocycles. The number of amides is 1. The van der Waals surface area contributed by atoms with Crippen LogP contribution in [-0.4, -0.2) is 46.0 Å². The Kier molecular flexibility index (Phi) is 8.26. The van der Waals surface area contributed by atoms with Crippen molar-refractivity contribution in [3.63, 3.8) is 0 Å². The maximum Gasteiger partial charge on any atom is 0.410 e. The van der Waals surface area contributed by atoms with E-state index < -0.39 is 5.60 Å². The zero-order valence-electron chi connectivity index (χ0n) is 16.1. The number of anilines is 1. The number of ether oxygens (including phenoxy) is 1. The van der Waals surface area contributed by atoms with Crippen molar-refractivity contribution in [3.05, 3.63) is 12.4 Å². The normalized spacial score (nSPS) is 15.0. The molecule has 1 aliphatic heterocycles. The highest BCUT2D eigenvalue weighted by Gasteiger charge is 2.27. The Morgan fingerprint density at radius 1 is 1.40 bits per heavy atom. The first-order valence-electron chi connectivity index (χ1n) is 9.02.